The SMILES string of the molecule is CC(C)N1CCCC(c2cnc(-c3cncc(C(=O)O)c3)cn2)C1. The van der Waals surface area contributed by atoms with E-state index in [1.165, 1.54) is 12.6 Å². The lowest BCUT2D eigenvalue weighted by molar-refractivity contribution is 0.0696. The molecular weight excluding hydrogens is 304 g/mol. The smallest absolute Gasteiger partial charge is 0.337 e. The van der Waals surface area contributed by atoms with Crippen molar-refractivity contribution in [3.8, 4) is 11.3 Å². The molecule has 3 heterocycles. The van der Waals surface area contributed by atoms with Gasteiger partial charge in [-0.25, -0.2) is 4.79 Å². The maximum Gasteiger partial charge on any atom is 0.337 e. The first-order chi connectivity index (χ1) is 11.5. The number of rotatable bonds is 4. The van der Waals surface area contributed by atoms with E-state index in [-0.39, 0.29) is 5.56 Å². The summed E-state index contributed by atoms with van der Waals surface area (Å²) in [5, 5.41) is 9.06. The van der Waals surface area contributed by atoms with Crippen LogP contribution in [0.3, 0.4) is 0 Å². The molecule has 6 heteroatoms. The van der Waals surface area contributed by atoms with E-state index in [4.69, 9.17) is 5.11 Å². The summed E-state index contributed by atoms with van der Waals surface area (Å²) >= 11 is 0. The molecule has 0 bridgehead atoms. The number of piperidine rings is 1. The van der Waals surface area contributed by atoms with Crippen molar-refractivity contribution in [1.29, 1.82) is 0 Å². The molecule has 6 nitrogen and oxygen atoms in total. The summed E-state index contributed by atoms with van der Waals surface area (Å²) in [6, 6.07) is 2.12. The van der Waals surface area contributed by atoms with Crippen LogP contribution in [-0.4, -0.2) is 50.1 Å². The number of hydrogen-bond acceptors (Lipinski definition) is 5. The zero-order valence-electron chi connectivity index (χ0n) is 14.0. The molecule has 1 atom stereocenters. The first-order valence-corrected chi connectivity index (χ1v) is 8.29. The van der Waals surface area contributed by atoms with Crippen LogP contribution in [0.2, 0.25) is 0 Å². The molecule has 1 fully saturated rings. The Morgan fingerprint density at radius 1 is 1.25 bits per heavy atom. The summed E-state index contributed by atoms with van der Waals surface area (Å²) in [5.41, 5.74) is 2.47. The fourth-order valence-electron chi connectivity index (χ4n) is 3.11. The number of aromatic nitrogens is 3. The zero-order chi connectivity index (χ0) is 17.1. The Morgan fingerprint density at radius 2 is 2.08 bits per heavy atom. The predicted octanol–water partition coefficient (Wildman–Crippen LogP) is 2.82. The number of aromatic carboxylic acids is 1. The maximum absolute atomic E-state index is 11.1. The van der Waals surface area contributed by atoms with Crippen LogP contribution in [0.25, 0.3) is 11.3 Å². The van der Waals surface area contributed by atoms with Gasteiger partial charge >= 0.3 is 5.97 Å². The van der Waals surface area contributed by atoms with Crippen LogP contribution in [0.4, 0.5) is 0 Å². The summed E-state index contributed by atoms with van der Waals surface area (Å²) in [4.78, 5) is 26.6. The van der Waals surface area contributed by atoms with Crippen molar-refractivity contribution >= 4 is 5.97 Å². The summed E-state index contributed by atoms with van der Waals surface area (Å²) < 4.78 is 0. The monoisotopic (exact) mass is 326 g/mol. The summed E-state index contributed by atoms with van der Waals surface area (Å²) in [6.07, 6.45) is 8.78. The third-order valence-electron chi connectivity index (χ3n) is 4.55. The molecule has 1 unspecified atom stereocenters. The van der Waals surface area contributed by atoms with Crippen LogP contribution >= 0.6 is 0 Å². The Morgan fingerprint density at radius 3 is 2.75 bits per heavy atom. The van der Waals surface area contributed by atoms with Crippen molar-refractivity contribution in [2.75, 3.05) is 13.1 Å². The number of hydrogen-bond donors (Lipinski definition) is 1. The van der Waals surface area contributed by atoms with Gasteiger partial charge < -0.3 is 10.0 Å². The minimum Gasteiger partial charge on any atom is -0.478 e. The van der Waals surface area contributed by atoms with Gasteiger partial charge in [0.2, 0.25) is 0 Å². The highest BCUT2D eigenvalue weighted by Crippen LogP contribution is 2.27. The Hall–Kier alpha value is -2.34. The van der Waals surface area contributed by atoms with E-state index in [9.17, 15) is 4.79 Å². The van der Waals surface area contributed by atoms with Crippen molar-refractivity contribution in [2.45, 2.75) is 38.6 Å². The molecule has 1 N–H and O–H groups in total. The Balaban J connectivity index is 1.78. The third-order valence-corrected chi connectivity index (χ3v) is 4.55. The van der Waals surface area contributed by atoms with Gasteiger partial charge in [-0.15, -0.1) is 0 Å². The Kier molecular flexibility index (Phi) is 4.85. The Bertz CT molecular complexity index is 715. The van der Waals surface area contributed by atoms with Gasteiger partial charge in [0.25, 0.3) is 0 Å². The fourth-order valence-corrected chi connectivity index (χ4v) is 3.11. The average molecular weight is 326 g/mol. The molecule has 0 radical (unpaired) electrons. The highest BCUT2D eigenvalue weighted by Gasteiger charge is 2.24. The van der Waals surface area contributed by atoms with E-state index in [1.54, 1.807) is 18.5 Å². The largest absolute Gasteiger partial charge is 0.478 e. The molecular formula is C18H22N4O2. The van der Waals surface area contributed by atoms with Gasteiger partial charge in [0, 0.05) is 42.7 Å². The minimum absolute atomic E-state index is 0.151. The van der Waals surface area contributed by atoms with Crippen molar-refractivity contribution < 1.29 is 9.90 Å². The highest BCUT2D eigenvalue weighted by atomic mass is 16.4. The van der Waals surface area contributed by atoms with Crippen LogP contribution in [0.15, 0.2) is 30.9 Å². The quantitative estimate of drug-likeness (QED) is 0.930. The van der Waals surface area contributed by atoms with Crippen molar-refractivity contribution in [2.24, 2.45) is 0 Å². The molecule has 24 heavy (non-hydrogen) atoms. The van der Waals surface area contributed by atoms with Gasteiger partial charge in [0.15, 0.2) is 0 Å². The van der Waals surface area contributed by atoms with Crippen LogP contribution in [0.5, 0.6) is 0 Å². The molecule has 0 spiro atoms. The van der Waals surface area contributed by atoms with E-state index >= 15 is 0 Å². The average Bonchev–Trinajstić information content (AvgIpc) is 2.62. The van der Waals surface area contributed by atoms with Crippen molar-refractivity contribution in [3.05, 3.63) is 42.1 Å². The third kappa shape index (κ3) is 3.59. The molecule has 0 saturated carbocycles. The van der Waals surface area contributed by atoms with Crippen LogP contribution in [0, 0.1) is 0 Å². The molecule has 0 aliphatic carbocycles. The van der Waals surface area contributed by atoms with Crippen molar-refractivity contribution in [1.82, 2.24) is 19.9 Å². The minimum atomic E-state index is -0.995. The number of nitrogens with zero attached hydrogens (tertiary/aromatic N) is 4. The Labute approximate surface area is 141 Å². The van der Waals surface area contributed by atoms with Gasteiger partial charge in [0.1, 0.15) is 0 Å². The highest BCUT2D eigenvalue weighted by molar-refractivity contribution is 5.88. The molecule has 1 aliphatic heterocycles. The summed E-state index contributed by atoms with van der Waals surface area (Å²) in [6.45, 7) is 6.61. The lowest BCUT2D eigenvalue weighted by Gasteiger charge is -2.35. The van der Waals surface area contributed by atoms with E-state index in [2.05, 4.69) is 33.7 Å². The zero-order valence-corrected chi connectivity index (χ0v) is 14.0. The fraction of sp³-hybridized carbons (Fsp3) is 0.444. The second-order valence-electron chi connectivity index (χ2n) is 6.52. The molecule has 2 aromatic heterocycles. The van der Waals surface area contributed by atoms with E-state index in [0.717, 1.165) is 25.2 Å². The second kappa shape index (κ2) is 7.05. The van der Waals surface area contributed by atoms with Crippen molar-refractivity contribution in [3.63, 3.8) is 0 Å². The first-order valence-electron chi connectivity index (χ1n) is 8.29. The predicted molar refractivity (Wildman–Crippen MR) is 90.9 cm³/mol. The van der Waals surface area contributed by atoms with E-state index in [0.29, 0.717) is 23.2 Å². The van der Waals surface area contributed by atoms with E-state index < -0.39 is 5.97 Å². The van der Waals surface area contributed by atoms with Crippen LogP contribution in [0.1, 0.15) is 48.7 Å². The molecule has 1 aliphatic rings. The number of pyridine rings is 1. The summed E-state index contributed by atoms with van der Waals surface area (Å²) in [7, 11) is 0. The standard InChI is InChI=1S/C18H22N4O2/c1-12(2)22-5-3-4-13(11-22)16-9-21-17(10-20-16)14-6-15(18(23)24)8-19-7-14/h6-10,12-13H,3-5,11H2,1-2H3,(H,23,24). The maximum atomic E-state index is 11.1. The number of carboxylic acid groups (broad SMARTS) is 1. The molecule has 0 aromatic carbocycles. The van der Waals surface area contributed by atoms with Gasteiger partial charge in [0.05, 0.1) is 23.1 Å². The number of likely N-dealkylation sites (tertiary alicyclic amines) is 1. The lowest BCUT2D eigenvalue weighted by Crippen LogP contribution is -2.39. The van der Waals surface area contributed by atoms with Gasteiger partial charge in [-0.3, -0.25) is 15.0 Å². The normalized spacial score (nSPS) is 18.7. The van der Waals surface area contributed by atoms with E-state index in [1.807, 2.05) is 6.20 Å². The number of carbonyl (C=O) groups is 1. The van der Waals surface area contributed by atoms with Crippen LogP contribution < -0.4 is 0 Å². The van der Waals surface area contributed by atoms with Crippen LogP contribution in [-0.2, 0) is 0 Å². The number of carboxylic acids is 1. The molecule has 2 aromatic rings. The molecule has 126 valence electrons. The molecule has 1 saturated heterocycles. The topological polar surface area (TPSA) is 79.2 Å². The van der Waals surface area contributed by atoms with Gasteiger partial charge in [-0.2, -0.15) is 0 Å². The molecule has 0 amide bonds. The lowest BCUT2D eigenvalue weighted by atomic mass is 9.94. The van der Waals surface area contributed by atoms with Gasteiger partial charge in [-0.1, -0.05) is 0 Å². The van der Waals surface area contributed by atoms with Gasteiger partial charge in [-0.05, 0) is 39.3 Å². The first kappa shape index (κ1) is 16.5. The molecule has 3 rings (SSSR count). The second-order valence-corrected chi connectivity index (χ2v) is 6.52. The summed E-state index contributed by atoms with van der Waals surface area (Å²) in [5.74, 6) is -0.587.